The van der Waals surface area contributed by atoms with Crippen molar-refractivity contribution in [3.8, 4) is 29.4 Å². The van der Waals surface area contributed by atoms with Crippen LogP contribution in [0.5, 0.6) is 17.2 Å². The maximum absolute atomic E-state index is 9.24. The molecule has 2 aromatic carbocycles. The van der Waals surface area contributed by atoms with Gasteiger partial charge in [-0.05, 0) is 26.0 Å². The summed E-state index contributed by atoms with van der Waals surface area (Å²) in [5, 5.41) is 18.2. The van der Waals surface area contributed by atoms with Gasteiger partial charge in [-0.3, -0.25) is 0 Å². The summed E-state index contributed by atoms with van der Waals surface area (Å²) in [6.45, 7) is 3.76. The van der Waals surface area contributed by atoms with Crippen LogP contribution in [0.2, 0.25) is 15.1 Å². The molecule has 0 amide bonds. The highest BCUT2D eigenvalue weighted by atomic mass is 35.5. The molecule has 122 valence electrons. The summed E-state index contributed by atoms with van der Waals surface area (Å²) < 4.78 is 11.4. The van der Waals surface area contributed by atoms with E-state index in [0.717, 1.165) is 0 Å². The van der Waals surface area contributed by atoms with Crippen LogP contribution in [-0.4, -0.2) is 6.10 Å². The van der Waals surface area contributed by atoms with Gasteiger partial charge in [0.25, 0.3) is 0 Å². The van der Waals surface area contributed by atoms with Crippen molar-refractivity contribution in [2.45, 2.75) is 20.0 Å². The predicted octanol–water partition coefficient (Wildman–Crippen LogP) is 5.97. The van der Waals surface area contributed by atoms with Crippen LogP contribution < -0.4 is 9.47 Å². The molecule has 0 saturated carbocycles. The number of benzene rings is 2. The van der Waals surface area contributed by atoms with Gasteiger partial charge in [0.05, 0.1) is 22.3 Å². The minimum absolute atomic E-state index is 0.00121. The van der Waals surface area contributed by atoms with Crippen molar-refractivity contribution in [1.29, 1.82) is 10.5 Å². The van der Waals surface area contributed by atoms with Gasteiger partial charge >= 0.3 is 0 Å². The first-order valence-electron chi connectivity index (χ1n) is 6.84. The van der Waals surface area contributed by atoms with Crippen molar-refractivity contribution in [2.75, 3.05) is 0 Å². The van der Waals surface area contributed by atoms with E-state index in [1.165, 1.54) is 0 Å². The van der Waals surface area contributed by atoms with Gasteiger partial charge in [-0.25, -0.2) is 0 Å². The highest BCUT2D eigenvalue weighted by molar-refractivity contribution is 6.46. The molecule has 2 aromatic rings. The second-order valence-electron chi connectivity index (χ2n) is 4.96. The fourth-order valence-electron chi connectivity index (χ4n) is 1.93. The Bertz CT molecular complexity index is 868. The molecule has 2 rings (SSSR count). The Morgan fingerprint density at radius 1 is 0.875 bits per heavy atom. The second kappa shape index (κ2) is 7.64. The maximum Gasteiger partial charge on any atom is 0.169 e. The minimum atomic E-state index is -0.0918. The van der Waals surface area contributed by atoms with Crippen LogP contribution >= 0.6 is 34.8 Å². The van der Waals surface area contributed by atoms with Crippen LogP contribution in [0.25, 0.3) is 0 Å². The molecule has 0 atom stereocenters. The standard InChI is InChI=1S/C17H11Cl3N2O2/c1-9(2)23-12-5-3-4-6-13(12)24-17-15(19)11(8-22)10(7-21)14(18)16(17)20/h3-6,9H,1-2H3. The normalized spacial score (nSPS) is 10.2. The van der Waals surface area contributed by atoms with E-state index in [2.05, 4.69) is 0 Å². The summed E-state index contributed by atoms with van der Waals surface area (Å²) in [5.41, 5.74) is -0.181. The molecule has 0 aromatic heterocycles. The Hall–Kier alpha value is -2.11. The maximum atomic E-state index is 9.24. The molecule has 0 N–H and O–H groups in total. The molecule has 0 aliphatic rings. The predicted molar refractivity (Wildman–Crippen MR) is 93.2 cm³/mol. The van der Waals surface area contributed by atoms with E-state index < -0.39 is 0 Å². The van der Waals surface area contributed by atoms with Crippen molar-refractivity contribution >= 4 is 34.8 Å². The summed E-state index contributed by atoms with van der Waals surface area (Å²) in [6, 6.07) is 10.6. The van der Waals surface area contributed by atoms with E-state index in [9.17, 15) is 5.26 Å². The molecule has 0 radical (unpaired) electrons. The van der Waals surface area contributed by atoms with Gasteiger partial charge in [0.1, 0.15) is 22.2 Å². The fourth-order valence-corrected chi connectivity index (χ4v) is 2.70. The fraction of sp³-hybridized carbons (Fsp3) is 0.176. The number of hydrogen-bond donors (Lipinski definition) is 0. The molecule has 0 fully saturated rings. The van der Waals surface area contributed by atoms with E-state index in [1.807, 2.05) is 26.0 Å². The van der Waals surface area contributed by atoms with E-state index in [1.54, 1.807) is 24.3 Å². The molecule has 0 unspecified atom stereocenters. The lowest BCUT2D eigenvalue weighted by molar-refractivity contribution is 0.233. The third-order valence-electron chi connectivity index (χ3n) is 2.93. The smallest absolute Gasteiger partial charge is 0.169 e. The summed E-state index contributed by atoms with van der Waals surface area (Å²) in [7, 11) is 0. The molecule has 7 heteroatoms. The third-order valence-corrected chi connectivity index (χ3v) is 4.12. The molecule has 0 bridgehead atoms. The average Bonchev–Trinajstić information content (AvgIpc) is 2.55. The molecular formula is C17H11Cl3N2O2. The van der Waals surface area contributed by atoms with Gasteiger partial charge < -0.3 is 9.47 Å². The van der Waals surface area contributed by atoms with E-state index in [-0.39, 0.29) is 38.0 Å². The minimum Gasteiger partial charge on any atom is -0.487 e. The van der Waals surface area contributed by atoms with E-state index in [0.29, 0.717) is 11.5 Å². The Morgan fingerprint density at radius 3 is 1.96 bits per heavy atom. The number of para-hydroxylation sites is 2. The summed E-state index contributed by atoms with van der Waals surface area (Å²) >= 11 is 18.4. The van der Waals surface area contributed by atoms with Crippen molar-refractivity contribution in [2.24, 2.45) is 0 Å². The van der Waals surface area contributed by atoms with Gasteiger partial charge in [-0.1, -0.05) is 46.9 Å². The quantitative estimate of drug-likeness (QED) is 0.612. The molecule has 4 nitrogen and oxygen atoms in total. The SMILES string of the molecule is CC(C)Oc1ccccc1Oc1c(Cl)c(Cl)c(C#N)c(C#N)c1Cl. The first kappa shape index (κ1) is 18.2. The zero-order chi connectivity index (χ0) is 17.9. The van der Waals surface area contributed by atoms with Crippen LogP contribution in [0, 0.1) is 22.7 Å². The number of halogens is 3. The first-order valence-corrected chi connectivity index (χ1v) is 7.98. The first-order chi connectivity index (χ1) is 11.4. The largest absolute Gasteiger partial charge is 0.487 e. The second-order valence-corrected chi connectivity index (χ2v) is 6.09. The highest BCUT2D eigenvalue weighted by Gasteiger charge is 2.24. The van der Waals surface area contributed by atoms with Gasteiger partial charge in [-0.15, -0.1) is 0 Å². The van der Waals surface area contributed by atoms with Crippen LogP contribution in [-0.2, 0) is 0 Å². The van der Waals surface area contributed by atoms with Gasteiger partial charge in [0.15, 0.2) is 17.2 Å². The Balaban J connectivity index is 2.59. The van der Waals surface area contributed by atoms with Crippen LogP contribution in [0.3, 0.4) is 0 Å². The number of nitriles is 2. The third kappa shape index (κ3) is 3.52. The zero-order valence-corrected chi connectivity index (χ0v) is 15.0. The highest BCUT2D eigenvalue weighted by Crippen LogP contribution is 2.46. The lowest BCUT2D eigenvalue weighted by Crippen LogP contribution is -2.06. The lowest BCUT2D eigenvalue weighted by atomic mass is 10.1. The summed E-state index contributed by atoms with van der Waals surface area (Å²) in [4.78, 5) is 0. The summed E-state index contributed by atoms with van der Waals surface area (Å²) in [6.07, 6.45) is -0.0695. The monoisotopic (exact) mass is 380 g/mol. The number of nitrogens with zero attached hydrogens (tertiary/aromatic N) is 2. The number of rotatable bonds is 4. The van der Waals surface area contributed by atoms with Gasteiger partial charge in [-0.2, -0.15) is 10.5 Å². The van der Waals surface area contributed by atoms with Crippen LogP contribution in [0.1, 0.15) is 25.0 Å². The van der Waals surface area contributed by atoms with Gasteiger partial charge in [0.2, 0.25) is 0 Å². The number of hydrogen-bond acceptors (Lipinski definition) is 4. The van der Waals surface area contributed by atoms with Crippen molar-refractivity contribution in [3.05, 3.63) is 50.5 Å². The van der Waals surface area contributed by atoms with Crippen molar-refractivity contribution < 1.29 is 9.47 Å². The Morgan fingerprint density at radius 2 is 1.42 bits per heavy atom. The average molecular weight is 382 g/mol. The molecule has 24 heavy (non-hydrogen) atoms. The van der Waals surface area contributed by atoms with Crippen molar-refractivity contribution in [1.82, 2.24) is 0 Å². The molecule has 0 heterocycles. The molecule has 0 aliphatic heterocycles. The van der Waals surface area contributed by atoms with E-state index >= 15 is 0 Å². The molecule has 0 aliphatic carbocycles. The van der Waals surface area contributed by atoms with Crippen molar-refractivity contribution in [3.63, 3.8) is 0 Å². The Kier molecular flexibility index (Phi) is 5.80. The topological polar surface area (TPSA) is 66.0 Å². The van der Waals surface area contributed by atoms with Crippen LogP contribution in [0.15, 0.2) is 24.3 Å². The molecule has 0 saturated heterocycles. The summed E-state index contributed by atoms with van der Waals surface area (Å²) in [5.74, 6) is 0.844. The molecule has 0 spiro atoms. The lowest BCUT2D eigenvalue weighted by Gasteiger charge is -2.17. The molecular weight excluding hydrogens is 371 g/mol. The van der Waals surface area contributed by atoms with Gasteiger partial charge in [0, 0.05) is 0 Å². The Labute approximate surface area is 154 Å². The van der Waals surface area contributed by atoms with Crippen LogP contribution in [0.4, 0.5) is 0 Å². The number of ether oxygens (including phenoxy) is 2. The van der Waals surface area contributed by atoms with E-state index in [4.69, 9.17) is 49.5 Å². The zero-order valence-electron chi connectivity index (χ0n) is 12.7.